The molecule has 0 aliphatic carbocycles. The van der Waals surface area contributed by atoms with Crippen LogP contribution in [0.25, 0.3) is 0 Å². The van der Waals surface area contributed by atoms with Gasteiger partial charge in [0, 0.05) is 14.2 Å². The lowest BCUT2D eigenvalue weighted by atomic mass is 9.90. The smallest absolute Gasteiger partial charge is 0.403 e. The van der Waals surface area contributed by atoms with Gasteiger partial charge in [-0.05, 0) is 27.7 Å². The molecule has 1 saturated heterocycles. The lowest BCUT2D eigenvalue weighted by Crippen LogP contribution is -2.41. The van der Waals surface area contributed by atoms with Gasteiger partial charge in [-0.2, -0.15) is 0 Å². The van der Waals surface area contributed by atoms with Gasteiger partial charge in [0.15, 0.2) is 0 Å². The molecule has 0 unspecified atom stereocenters. The molecule has 0 atom stereocenters. The Kier molecular flexibility index (Phi) is 3.93. The Morgan fingerprint density at radius 1 is 1.06 bits per heavy atom. The Bertz CT molecular complexity index is 280. The van der Waals surface area contributed by atoms with Crippen molar-refractivity contribution in [2.75, 3.05) is 20.3 Å². The first-order valence-electron chi connectivity index (χ1n) is 5.22. The first-order valence-corrected chi connectivity index (χ1v) is 6.95. The fourth-order valence-electron chi connectivity index (χ4n) is 1.45. The maximum Gasteiger partial charge on any atom is 0.470 e. The molecule has 0 amide bonds. The highest BCUT2D eigenvalue weighted by atomic mass is 31.2. The van der Waals surface area contributed by atoms with E-state index in [4.69, 9.17) is 18.4 Å². The first kappa shape index (κ1) is 14.2. The summed E-state index contributed by atoms with van der Waals surface area (Å²) in [5.41, 5.74) is -0.853. The second-order valence-electron chi connectivity index (χ2n) is 4.84. The van der Waals surface area contributed by atoms with E-state index >= 15 is 0 Å². The summed E-state index contributed by atoms with van der Waals surface area (Å²) in [5, 5.41) is 0. The SMILES string of the molecule is COP(=O)(CB1OC(C)(C)C(C)(C)O1)OC. The summed E-state index contributed by atoms with van der Waals surface area (Å²) in [6.45, 7) is 7.77. The summed E-state index contributed by atoms with van der Waals surface area (Å²) < 4.78 is 33.1. The predicted molar refractivity (Wildman–Crippen MR) is 62.6 cm³/mol. The number of hydrogen-bond acceptors (Lipinski definition) is 5. The molecule has 0 spiro atoms. The molecule has 0 saturated carbocycles. The molecule has 1 aliphatic rings. The third kappa shape index (κ3) is 2.69. The van der Waals surface area contributed by atoms with Crippen LogP contribution in [0, 0.1) is 0 Å². The van der Waals surface area contributed by atoms with Gasteiger partial charge >= 0.3 is 14.7 Å². The van der Waals surface area contributed by atoms with Crippen LogP contribution in [-0.2, 0) is 22.9 Å². The van der Waals surface area contributed by atoms with Crippen LogP contribution in [0.1, 0.15) is 27.7 Å². The Hall–Kier alpha value is 0.135. The molecule has 0 N–H and O–H groups in total. The maximum absolute atomic E-state index is 11.9. The van der Waals surface area contributed by atoms with Crippen molar-refractivity contribution in [3.05, 3.63) is 0 Å². The van der Waals surface area contributed by atoms with Crippen LogP contribution in [0.5, 0.6) is 0 Å². The fraction of sp³-hybridized carbons (Fsp3) is 1.00. The molecular weight excluding hydrogens is 230 g/mol. The Morgan fingerprint density at radius 3 is 1.75 bits per heavy atom. The second-order valence-corrected chi connectivity index (χ2v) is 7.16. The highest BCUT2D eigenvalue weighted by Crippen LogP contribution is 2.49. The van der Waals surface area contributed by atoms with Gasteiger partial charge in [0.2, 0.25) is 0 Å². The quantitative estimate of drug-likeness (QED) is 0.564. The largest absolute Gasteiger partial charge is 0.470 e. The van der Waals surface area contributed by atoms with Crippen molar-refractivity contribution in [2.24, 2.45) is 0 Å². The van der Waals surface area contributed by atoms with Crippen LogP contribution in [0.15, 0.2) is 0 Å². The molecule has 0 aromatic carbocycles. The van der Waals surface area contributed by atoms with Gasteiger partial charge in [-0.1, -0.05) is 0 Å². The number of rotatable bonds is 4. The molecule has 0 aromatic rings. The minimum Gasteiger partial charge on any atom is -0.403 e. The van der Waals surface area contributed by atoms with Crippen LogP contribution in [0.4, 0.5) is 0 Å². The summed E-state index contributed by atoms with van der Waals surface area (Å²) in [5.74, 6) is 0. The molecule has 0 bridgehead atoms. The van der Waals surface area contributed by atoms with Crippen molar-refractivity contribution >= 4 is 14.7 Å². The lowest BCUT2D eigenvalue weighted by molar-refractivity contribution is 0.00578. The Morgan fingerprint density at radius 2 is 1.44 bits per heavy atom. The summed E-state index contributed by atoms with van der Waals surface area (Å²) in [7, 11) is -0.939. The van der Waals surface area contributed by atoms with E-state index in [9.17, 15) is 4.57 Å². The first-order chi connectivity index (χ1) is 7.16. The molecule has 5 nitrogen and oxygen atoms in total. The third-order valence-electron chi connectivity index (χ3n) is 3.23. The van der Waals surface area contributed by atoms with Gasteiger partial charge in [-0.25, -0.2) is 0 Å². The summed E-state index contributed by atoms with van der Waals surface area (Å²) >= 11 is 0. The fourth-order valence-corrected chi connectivity index (χ4v) is 2.41. The molecule has 0 aromatic heterocycles. The minimum absolute atomic E-state index is 0.104. The van der Waals surface area contributed by atoms with Crippen molar-refractivity contribution in [1.29, 1.82) is 0 Å². The van der Waals surface area contributed by atoms with Crippen LogP contribution < -0.4 is 0 Å². The van der Waals surface area contributed by atoms with Crippen molar-refractivity contribution in [1.82, 2.24) is 0 Å². The van der Waals surface area contributed by atoms with E-state index in [1.54, 1.807) is 0 Å². The molecule has 1 fully saturated rings. The van der Waals surface area contributed by atoms with E-state index < -0.39 is 25.9 Å². The maximum atomic E-state index is 11.9. The van der Waals surface area contributed by atoms with Gasteiger partial charge in [0.05, 0.1) is 17.3 Å². The molecule has 94 valence electrons. The van der Waals surface area contributed by atoms with E-state index in [1.165, 1.54) is 14.2 Å². The van der Waals surface area contributed by atoms with Crippen LogP contribution in [0.2, 0.25) is 0 Å². The zero-order chi connectivity index (χ0) is 12.6. The van der Waals surface area contributed by atoms with Crippen molar-refractivity contribution < 1.29 is 22.9 Å². The topological polar surface area (TPSA) is 54.0 Å². The molecule has 7 heteroatoms. The standard InChI is InChI=1S/C9H20BO5P/c1-8(2)9(3,4)15-10(14-8)7-16(11,12-5)13-6/h7H2,1-6H3. The van der Waals surface area contributed by atoms with Crippen molar-refractivity contribution in [3.63, 3.8) is 0 Å². The van der Waals surface area contributed by atoms with E-state index in [2.05, 4.69) is 0 Å². The highest BCUT2D eigenvalue weighted by molar-refractivity contribution is 7.56. The molecule has 1 rings (SSSR count). The van der Waals surface area contributed by atoms with E-state index in [0.717, 1.165) is 0 Å². The van der Waals surface area contributed by atoms with E-state index in [-0.39, 0.29) is 6.06 Å². The van der Waals surface area contributed by atoms with E-state index in [1.807, 2.05) is 27.7 Å². The summed E-state index contributed by atoms with van der Waals surface area (Å²) in [6.07, 6.45) is 0. The minimum atomic E-state index is -3.09. The predicted octanol–water partition coefficient (Wildman–Crippen LogP) is 2.10. The van der Waals surface area contributed by atoms with Crippen LogP contribution in [-0.4, -0.2) is 38.6 Å². The average molecular weight is 250 g/mol. The monoisotopic (exact) mass is 250 g/mol. The van der Waals surface area contributed by atoms with Crippen molar-refractivity contribution in [3.8, 4) is 0 Å². The number of hydrogen-bond donors (Lipinski definition) is 0. The highest BCUT2D eigenvalue weighted by Gasteiger charge is 2.53. The molecule has 1 heterocycles. The molecule has 1 aliphatic heterocycles. The normalized spacial score (nSPS) is 23.8. The van der Waals surface area contributed by atoms with Crippen LogP contribution >= 0.6 is 7.60 Å². The van der Waals surface area contributed by atoms with E-state index in [0.29, 0.717) is 0 Å². The zero-order valence-corrected chi connectivity index (χ0v) is 11.7. The van der Waals surface area contributed by atoms with Gasteiger partial charge in [-0.3, -0.25) is 4.57 Å². The van der Waals surface area contributed by atoms with Crippen LogP contribution in [0.3, 0.4) is 0 Å². The zero-order valence-electron chi connectivity index (χ0n) is 10.8. The third-order valence-corrected chi connectivity index (χ3v) is 5.09. The van der Waals surface area contributed by atoms with Gasteiger partial charge in [0.25, 0.3) is 0 Å². The molecule has 16 heavy (non-hydrogen) atoms. The second kappa shape index (κ2) is 4.43. The summed E-state index contributed by atoms with van der Waals surface area (Å²) in [6, 6.07) is 0.104. The molecule has 0 radical (unpaired) electrons. The van der Waals surface area contributed by atoms with Gasteiger partial charge in [0.1, 0.15) is 0 Å². The average Bonchev–Trinajstić information content (AvgIpc) is 2.34. The lowest BCUT2D eigenvalue weighted by Gasteiger charge is -2.32. The Labute approximate surface area is 97.5 Å². The van der Waals surface area contributed by atoms with Gasteiger partial charge < -0.3 is 18.4 Å². The Balaban J connectivity index is 2.71. The summed E-state index contributed by atoms with van der Waals surface area (Å²) in [4.78, 5) is 0. The molecular formula is C9H20BO5P. The van der Waals surface area contributed by atoms with Crippen molar-refractivity contribution in [2.45, 2.75) is 38.9 Å². The van der Waals surface area contributed by atoms with Gasteiger partial charge in [-0.15, -0.1) is 0 Å².